The van der Waals surface area contributed by atoms with Crippen LogP contribution in [0.25, 0.3) is 0 Å². The van der Waals surface area contributed by atoms with Crippen molar-refractivity contribution < 1.29 is 13.0 Å². The molecule has 0 saturated heterocycles. The molecule has 2 rings (SSSR count). The van der Waals surface area contributed by atoms with Crippen LogP contribution in [0.3, 0.4) is 0 Å². The molecule has 0 heterocycles. The molecule has 1 N–H and O–H groups in total. The zero-order valence-electron chi connectivity index (χ0n) is 7.27. The maximum Gasteiger partial charge on any atom is 0.294 e. The van der Waals surface area contributed by atoms with Gasteiger partial charge in [0.05, 0.1) is 4.90 Å². The lowest BCUT2D eigenvalue weighted by atomic mass is 10.1. The second-order valence-electron chi connectivity index (χ2n) is 3.40. The van der Waals surface area contributed by atoms with Crippen LogP contribution in [0.1, 0.15) is 24.3 Å². The van der Waals surface area contributed by atoms with Gasteiger partial charge in [-0.1, -0.05) is 17.7 Å². The summed E-state index contributed by atoms with van der Waals surface area (Å²) in [4.78, 5) is -0.0486. The van der Waals surface area contributed by atoms with E-state index in [4.69, 9.17) is 16.2 Å². The van der Waals surface area contributed by atoms with Gasteiger partial charge < -0.3 is 0 Å². The molecule has 1 aromatic carbocycles. The first-order valence-corrected chi connectivity index (χ1v) is 6.08. The molecule has 0 atom stereocenters. The van der Waals surface area contributed by atoms with Gasteiger partial charge >= 0.3 is 0 Å². The maximum absolute atomic E-state index is 11.0. The monoisotopic (exact) mass is 232 g/mol. The second-order valence-corrected chi connectivity index (χ2v) is 5.20. The van der Waals surface area contributed by atoms with Crippen molar-refractivity contribution >= 4 is 21.7 Å². The van der Waals surface area contributed by atoms with E-state index < -0.39 is 10.1 Å². The average molecular weight is 233 g/mol. The minimum absolute atomic E-state index is 0.0486. The quantitative estimate of drug-likeness (QED) is 0.797. The van der Waals surface area contributed by atoms with Crippen LogP contribution in [-0.4, -0.2) is 13.0 Å². The minimum atomic E-state index is -4.15. The SMILES string of the molecule is O=S(=O)(O)c1cccc(Cl)c1C1CC1. The molecule has 0 bridgehead atoms. The molecule has 1 aliphatic rings. The van der Waals surface area contributed by atoms with Crippen molar-refractivity contribution in [2.75, 3.05) is 0 Å². The van der Waals surface area contributed by atoms with E-state index >= 15 is 0 Å². The lowest BCUT2D eigenvalue weighted by Crippen LogP contribution is -2.02. The summed E-state index contributed by atoms with van der Waals surface area (Å²) in [6.07, 6.45) is 1.87. The minimum Gasteiger partial charge on any atom is -0.282 e. The highest BCUT2D eigenvalue weighted by molar-refractivity contribution is 7.85. The number of hydrogen-bond acceptors (Lipinski definition) is 2. The predicted molar refractivity (Wildman–Crippen MR) is 53.2 cm³/mol. The molecule has 1 aromatic rings. The number of hydrogen-bond donors (Lipinski definition) is 1. The van der Waals surface area contributed by atoms with Crippen molar-refractivity contribution in [2.45, 2.75) is 23.7 Å². The van der Waals surface area contributed by atoms with E-state index in [1.807, 2.05) is 0 Å². The van der Waals surface area contributed by atoms with Crippen LogP contribution in [0.15, 0.2) is 23.1 Å². The largest absolute Gasteiger partial charge is 0.294 e. The highest BCUT2D eigenvalue weighted by Crippen LogP contribution is 2.45. The zero-order chi connectivity index (χ0) is 10.3. The Balaban J connectivity index is 2.64. The van der Waals surface area contributed by atoms with E-state index in [1.54, 1.807) is 6.07 Å². The predicted octanol–water partition coefficient (Wildman–Crippen LogP) is 2.46. The molecule has 76 valence electrons. The van der Waals surface area contributed by atoms with Crippen LogP contribution >= 0.6 is 11.6 Å². The van der Waals surface area contributed by atoms with Crippen LogP contribution < -0.4 is 0 Å². The molecule has 0 spiro atoms. The Kier molecular flexibility index (Phi) is 2.29. The number of rotatable bonds is 2. The molecular formula is C9H9ClO3S. The Labute approximate surface area is 87.5 Å². The van der Waals surface area contributed by atoms with Crippen molar-refractivity contribution in [1.29, 1.82) is 0 Å². The van der Waals surface area contributed by atoms with E-state index in [1.165, 1.54) is 12.1 Å². The topological polar surface area (TPSA) is 54.4 Å². The van der Waals surface area contributed by atoms with Gasteiger partial charge in [0.2, 0.25) is 0 Å². The summed E-state index contributed by atoms with van der Waals surface area (Å²) < 4.78 is 31.1. The van der Waals surface area contributed by atoms with E-state index in [-0.39, 0.29) is 10.8 Å². The first-order valence-electron chi connectivity index (χ1n) is 4.26. The van der Waals surface area contributed by atoms with Gasteiger partial charge in [0, 0.05) is 5.02 Å². The van der Waals surface area contributed by atoms with Crippen LogP contribution in [0.4, 0.5) is 0 Å². The van der Waals surface area contributed by atoms with Gasteiger partial charge in [0.15, 0.2) is 0 Å². The molecule has 1 fully saturated rings. The molecule has 0 radical (unpaired) electrons. The van der Waals surface area contributed by atoms with Gasteiger partial charge in [0.25, 0.3) is 10.1 Å². The molecule has 0 amide bonds. The fourth-order valence-corrected chi connectivity index (χ4v) is 2.70. The van der Waals surface area contributed by atoms with E-state index in [2.05, 4.69) is 0 Å². The first kappa shape index (κ1) is 9.96. The Hall–Kier alpha value is -0.580. The van der Waals surface area contributed by atoms with Crippen LogP contribution in [0.5, 0.6) is 0 Å². The summed E-state index contributed by atoms with van der Waals surface area (Å²) in [6, 6.07) is 4.55. The van der Waals surface area contributed by atoms with E-state index in [0.717, 1.165) is 12.8 Å². The Bertz CT molecular complexity index is 463. The average Bonchev–Trinajstić information content (AvgIpc) is 2.85. The molecule has 1 aliphatic carbocycles. The fraction of sp³-hybridized carbons (Fsp3) is 0.333. The molecule has 14 heavy (non-hydrogen) atoms. The van der Waals surface area contributed by atoms with Gasteiger partial charge in [-0.2, -0.15) is 8.42 Å². The van der Waals surface area contributed by atoms with E-state index in [0.29, 0.717) is 10.6 Å². The summed E-state index contributed by atoms with van der Waals surface area (Å²) in [7, 11) is -4.15. The van der Waals surface area contributed by atoms with E-state index in [9.17, 15) is 8.42 Å². The molecule has 0 unspecified atom stereocenters. The zero-order valence-corrected chi connectivity index (χ0v) is 8.85. The summed E-state index contributed by atoms with van der Waals surface area (Å²) in [5, 5.41) is 0.419. The molecule has 1 saturated carbocycles. The highest BCUT2D eigenvalue weighted by Gasteiger charge is 2.31. The smallest absolute Gasteiger partial charge is 0.282 e. The summed E-state index contributed by atoms with van der Waals surface area (Å²) in [6.45, 7) is 0. The summed E-state index contributed by atoms with van der Waals surface area (Å²) >= 11 is 5.89. The molecular weight excluding hydrogens is 224 g/mol. The third kappa shape index (κ3) is 1.78. The van der Waals surface area contributed by atoms with Crippen LogP contribution in [-0.2, 0) is 10.1 Å². The van der Waals surface area contributed by atoms with Gasteiger partial charge in [-0.05, 0) is 36.5 Å². The normalized spacial score (nSPS) is 17.0. The molecule has 0 aromatic heterocycles. The third-order valence-corrected chi connectivity index (χ3v) is 3.52. The van der Waals surface area contributed by atoms with Gasteiger partial charge in [-0.3, -0.25) is 4.55 Å². The lowest BCUT2D eigenvalue weighted by molar-refractivity contribution is 0.482. The van der Waals surface area contributed by atoms with Crippen molar-refractivity contribution in [1.82, 2.24) is 0 Å². The maximum atomic E-state index is 11.0. The molecule has 5 heteroatoms. The lowest BCUT2D eigenvalue weighted by Gasteiger charge is -2.07. The van der Waals surface area contributed by atoms with Crippen LogP contribution in [0.2, 0.25) is 5.02 Å². The highest BCUT2D eigenvalue weighted by atomic mass is 35.5. The van der Waals surface area contributed by atoms with Crippen LogP contribution in [0, 0.1) is 0 Å². The second kappa shape index (κ2) is 3.22. The summed E-state index contributed by atoms with van der Waals surface area (Å²) in [5.41, 5.74) is 0.566. The molecule has 3 nitrogen and oxygen atoms in total. The Morgan fingerprint density at radius 3 is 2.50 bits per heavy atom. The first-order chi connectivity index (χ1) is 6.50. The fourth-order valence-electron chi connectivity index (χ4n) is 1.51. The van der Waals surface area contributed by atoms with Crippen molar-refractivity contribution in [2.24, 2.45) is 0 Å². The van der Waals surface area contributed by atoms with Gasteiger partial charge in [-0.25, -0.2) is 0 Å². The third-order valence-electron chi connectivity index (χ3n) is 2.28. The van der Waals surface area contributed by atoms with Crippen molar-refractivity contribution in [3.8, 4) is 0 Å². The van der Waals surface area contributed by atoms with Gasteiger partial charge in [-0.15, -0.1) is 0 Å². The van der Waals surface area contributed by atoms with Gasteiger partial charge in [0.1, 0.15) is 0 Å². The Morgan fingerprint density at radius 2 is 2.00 bits per heavy atom. The molecule has 0 aliphatic heterocycles. The summed E-state index contributed by atoms with van der Waals surface area (Å²) in [5.74, 6) is 0.195. The standard InChI is InChI=1S/C9H9ClO3S/c10-7-2-1-3-8(14(11,12)13)9(7)6-4-5-6/h1-3,6H,4-5H2,(H,11,12,13). The number of halogens is 1. The van der Waals surface area contributed by atoms with Crippen molar-refractivity contribution in [3.63, 3.8) is 0 Å². The Morgan fingerprint density at radius 1 is 1.36 bits per heavy atom. The van der Waals surface area contributed by atoms with Crippen molar-refractivity contribution in [3.05, 3.63) is 28.8 Å². The number of benzene rings is 1.